The summed E-state index contributed by atoms with van der Waals surface area (Å²) in [4.78, 5) is 0. The molecule has 2 aliphatic carbocycles. The van der Waals surface area contributed by atoms with Gasteiger partial charge in [0.1, 0.15) is 5.82 Å². The Morgan fingerprint density at radius 3 is 1.95 bits per heavy atom. The van der Waals surface area contributed by atoms with Gasteiger partial charge in [0.2, 0.25) is 0 Å². The molecule has 2 saturated carbocycles. The highest BCUT2D eigenvalue weighted by atomic mass is 19.2. The van der Waals surface area contributed by atoms with Crippen LogP contribution in [0.2, 0.25) is 0 Å². The number of hydrogen-bond acceptors (Lipinski definition) is 0. The fourth-order valence-electron chi connectivity index (χ4n) is 7.43. The van der Waals surface area contributed by atoms with Crippen LogP contribution in [0.25, 0.3) is 22.3 Å². The molecule has 0 aliphatic heterocycles. The maximum atomic E-state index is 15.4. The van der Waals surface area contributed by atoms with Crippen LogP contribution in [0.3, 0.4) is 0 Å². The molecule has 0 unspecified atom stereocenters. The molecule has 3 heteroatoms. The van der Waals surface area contributed by atoms with E-state index in [0.29, 0.717) is 23.5 Å². The summed E-state index contributed by atoms with van der Waals surface area (Å²) in [5.74, 6) is 1.05. The molecule has 0 saturated heterocycles. The molecule has 0 atom stereocenters. The van der Waals surface area contributed by atoms with Crippen molar-refractivity contribution in [1.29, 1.82) is 0 Å². The number of hydrogen-bond donors (Lipinski definition) is 0. The molecule has 0 aromatic heterocycles. The summed E-state index contributed by atoms with van der Waals surface area (Å²) in [7, 11) is 0. The van der Waals surface area contributed by atoms with E-state index in [1.54, 1.807) is 30.3 Å². The maximum absolute atomic E-state index is 15.4. The second kappa shape index (κ2) is 13.9. The van der Waals surface area contributed by atoms with Crippen molar-refractivity contribution in [2.45, 2.75) is 96.8 Å². The average Bonchev–Trinajstić information content (AvgIpc) is 3.00. The molecule has 2 fully saturated rings. The zero-order valence-corrected chi connectivity index (χ0v) is 24.8. The summed E-state index contributed by atoms with van der Waals surface area (Å²) in [6.45, 7) is 4.21. The third-order valence-electron chi connectivity index (χ3n) is 9.90. The standard InChI is InChI=1S/C38H45F3/c1-3-5-6-8-32-21-24-35(38(41)37(32)40)31-19-15-29(16-20-31)33-22-23-34(36(39)25-33)30-17-13-28(14-18-30)27-11-9-26(7-4-2)10-12-27/h4,7,15-16,19-28,30H,3,5-6,8-14,17-18H2,1-2H3. The number of halogens is 3. The molecular formula is C38H45F3. The highest BCUT2D eigenvalue weighted by Gasteiger charge is 2.31. The van der Waals surface area contributed by atoms with Crippen LogP contribution >= 0.6 is 0 Å². The molecule has 41 heavy (non-hydrogen) atoms. The number of allylic oxidation sites excluding steroid dienone is 2. The van der Waals surface area contributed by atoms with Crippen molar-refractivity contribution in [1.82, 2.24) is 0 Å². The fourth-order valence-corrected chi connectivity index (χ4v) is 7.43. The zero-order valence-electron chi connectivity index (χ0n) is 24.8. The van der Waals surface area contributed by atoms with Crippen LogP contribution in [0.4, 0.5) is 13.2 Å². The van der Waals surface area contributed by atoms with Crippen LogP contribution in [0.15, 0.2) is 66.7 Å². The lowest BCUT2D eigenvalue weighted by Crippen LogP contribution is -2.25. The van der Waals surface area contributed by atoms with Gasteiger partial charge in [0.15, 0.2) is 11.6 Å². The van der Waals surface area contributed by atoms with E-state index >= 15 is 4.39 Å². The van der Waals surface area contributed by atoms with Crippen molar-refractivity contribution < 1.29 is 13.2 Å². The van der Waals surface area contributed by atoms with Crippen molar-refractivity contribution in [2.24, 2.45) is 17.8 Å². The summed E-state index contributed by atoms with van der Waals surface area (Å²) in [5, 5.41) is 0. The van der Waals surface area contributed by atoms with Crippen molar-refractivity contribution in [3.8, 4) is 22.3 Å². The topological polar surface area (TPSA) is 0 Å². The van der Waals surface area contributed by atoms with Gasteiger partial charge < -0.3 is 0 Å². The third-order valence-corrected chi connectivity index (χ3v) is 9.90. The Hall–Kier alpha value is -2.81. The largest absolute Gasteiger partial charge is 0.207 e. The van der Waals surface area contributed by atoms with Gasteiger partial charge in [-0.05, 0) is 129 Å². The molecule has 0 nitrogen and oxygen atoms in total. The molecule has 3 aromatic rings. The smallest absolute Gasteiger partial charge is 0.166 e. The molecule has 0 N–H and O–H groups in total. The predicted molar refractivity (Wildman–Crippen MR) is 165 cm³/mol. The van der Waals surface area contributed by atoms with E-state index < -0.39 is 11.6 Å². The Bertz CT molecular complexity index is 1310. The van der Waals surface area contributed by atoms with Gasteiger partial charge in [-0.1, -0.05) is 80.4 Å². The van der Waals surface area contributed by atoms with E-state index in [2.05, 4.69) is 26.0 Å². The first kappa shape index (κ1) is 29.7. The van der Waals surface area contributed by atoms with Gasteiger partial charge in [0, 0.05) is 5.56 Å². The van der Waals surface area contributed by atoms with Crippen LogP contribution in [-0.2, 0) is 6.42 Å². The summed E-state index contributed by atoms with van der Waals surface area (Å²) in [6, 6.07) is 16.3. The van der Waals surface area contributed by atoms with Gasteiger partial charge in [-0.25, -0.2) is 13.2 Å². The summed E-state index contributed by atoms with van der Waals surface area (Å²) >= 11 is 0. The molecule has 0 spiro atoms. The van der Waals surface area contributed by atoms with Gasteiger partial charge in [0.25, 0.3) is 0 Å². The Morgan fingerprint density at radius 2 is 1.32 bits per heavy atom. The first-order valence-electron chi connectivity index (χ1n) is 16.0. The lowest BCUT2D eigenvalue weighted by atomic mass is 9.68. The molecule has 0 heterocycles. The van der Waals surface area contributed by atoms with Gasteiger partial charge in [-0.2, -0.15) is 0 Å². The number of benzene rings is 3. The van der Waals surface area contributed by atoms with E-state index in [-0.39, 0.29) is 11.4 Å². The Morgan fingerprint density at radius 1 is 0.683 bits per heavy atom. The van der Waals surface area contributed by atoms with Crippen LogP contribution < -0.4 is 0 Å². The molecule has 0 radical (unpaired) electrons. The Kier molecular flexibility index (Phi) is 10.1. The van der Waals surface area contributed by atoms with Crippen molar-refractivity contribution in [3.63, 3.8) is 0 Å². The first-order valence-corrected chi connectivity index (χ1v) is 16.0. The highest BCUT2D eigenvalue weighted by molar-refractivity contribution is 5.71. The van der Waals surface area contributed by atoms with Crippen LogP contribution in [0, 0.1) is 35.2 Å². The van der Waals surface area contributed by atoms with Gasteiger partial charge in [-0.15, -0.1) is 0 Å². The summed E-state index contributed by atoms with van der Waals surface area (Å²) in [5.41, 5.74) is 3.84. The van der Waals surface area contributed by atoms with Crippen LogP contribution in [0.5, 0.6) is 0 Å². The first-order chi connectivity index (χ1) is 20.0. The molecule has 0 bridgehead atoms. The fraction of sp³-hybridized carbons (Fsp3) is 0.474. The SMILES string of the molecule is CC=CC1CCC(C2CCC(c3ccc(-c4ccc(-c5ccc(CCCCC)c(F)c5F)cc4)cc3F)CC2)CC1. The normalized spacial score (nSPS) is 23.2. The zero-order chi connectivity index (χ0) is 28.8. The second-order valence-corrected chi connectivity index (χ2v) is 12.5. The number of unbranched alkanes of at least 4 members (excludes halogenated alkanes) is 2. The molecule has 3 aromatic carbocycles. The highest BCUT2D eigenvalue weighted by Crippen LogP contribution is 2.45. The minimum absolute atomic E-state index is 0.131. The van der Waals surface area contributed by atoms with E-state index in [0.717, 1.165) is 66.5 Å². The monoisotopic (exact) mass is 558 g/mol. The number of rotatable bonds is 9. The summed E-state index contributed by atoms with van der Waals surface area (Å²) in [6.07, 6.45) is 17.9. The van der Waals surface area contributed by atoms with Crippen LogP contribution in [-0.4, -0.2) is 0 Å². The van der Waals surface area contributed by atoms with Crippen LogP contribution in [0.1, 0.15) is 102 Å². The minimum atomic E-state index is -0.793. The van der Waals surface area contributed by atoms with E-state index in [9.17, 15) is 8.78 Å². The lowest BCUT2D eigenvalue weighted by Gasteiger charge is -2.37. The van der Waals surface area contributed by atoms with Gasteiger partial charge >= 0.3 is 0 Å². The molecule has 218 valence electrons. The molecule has 5 rings (SSSR count). The Balaban J connectivity index is 1.21. The Labute approximate surface area is 245 Å². The lowest BCUT2D eigenvalue weighted by molar-refractivity contribution is 0.171. The molecule has 0 amide bonds. The van der Waals surface area contributed by atoms with E-state index in [1.807, 2.05) is 24.3 Å². The van der Waals surface area contributed by atoms with Gasteiger partial charge in [0.05, 0.1) is 0 Å². The van der Waals surface area contributed by atoms with Crippen molar-refractivity contribution >= 4 is 0 Å². The van der Waals surface area contributed by atoms with E-state index in [1.165, 1.54) is 38.5 Å². The van der Waals surface area contributed by atoms with Gasteiger partial charge in [-0.3, -0.25) is 0 Å². The third kappa shape index (κ3) is 6.99. The van der Waals surface area contributed by atoms with Crippen molar-refractivity contribution in [3.05, 3.63) is 95.3 Å². The molecule has 2 aliphatic rings. The number of aryl methyl sites for hydroxylation is 1. The molecular weight excluding hydrogens is 513 g/mol. The predicted octanol–water partition coefficient (Wildman–Crippen LogP) is 11.8. The summed E-state index contributed by atoms with van der Waals surface area (Å²) < 4.78 is 45.0. The maximum Gasteiger partial charge on any atom is 0.166 e. The minimum Gasteiger partial charge on any atom is -0.207 e. The average molecular weight is 559 g/mol. The van der Waals surface area contributed by atoms with E-state index in [4.69, 9.17) is 0 Å². The van der Waals surface area contributed by atoms with Crippen molar-refractivity contribution in [2.75, 3.05) is 0 Å². The second-order valence-electron chi connectivity index (χ2n) is 12.5. The quantitative estimate of drug-likeness (QED) is 0.181.